The Balaban J connectivity index is 1.83. The maximum Gasteiger partial charge on any atom is 0.247 e. The summed E-state index contributed by atoms with van der Waals surface area (Å²) >= 11 is 0. The summed E-state index contributed by atoms with van der Waals surface area (Å²) in [6.45, 7) is 9.36. The van der Waals surface area contributed by atoms with E-state index in [0.29, 0.717) is 0 Å². The number of aromatic nitrogens is 3. The van der Waals surface area contributed by atoms with E-state index >= 15 is 0 Å². The predicted octanol–water partition coefficient (Wildman–Crippen LogP) is 0.377. The Morgan fingerprint density at radius 1 is 1.24 bits per heavy atom. The van der Waals surface area contributed by atoms with Crippen LogP contribution < -0.4 is 10.2 Å². The molecule has 1 aromatic rings. The zero-order valence-corrected chi connectivity index (χ0v) is 13.4. The van der Waals surface area contributed by atoms with Crippen molar-refractivity contribution in [2.24, 2.45) is 0 Å². The average molecular weight is 293 g/mol. The van der Waals surface area contributed by atoms with E-state index in [1.165, 1.54) is 0 Å². The van der Waals surface area contributed by atoms with Gasteiger partial charge in [0.1, 0.15) is 0 Å². The molecule has 2 rings (SSSR count). The summed E-state index contributed by atoms with van der Waals surface area (Å²) in [5.41, 5.74) is 0. The zero-order valence-electron chi connectivity index (χ0n) is 13.4. The Bertz CT molecular complexity index is 416. The molecule has 0 aliphatic carbocycles. The molecule has 7 heteroatoms. The lowest BCUT2D eigenvalue weighted by molar-refractivity contribution is 0.269. The Kier molecular flexibility index (Phi) is 6.13. The van der Waals surface area contributed by atoms with Gasteiger partial charge in [-0.15, -0.1) is 5.10 Å². The van der Waals surface area contributed by atoms with Crippen molar-refractivity contribution in [2.75, 3.05) is 70.1 Å². The minimum atomic E-state index is 0.739. The molecule has 0 saturated carbocycles. The highest BCUT2D eigenvalue weighted by molar-refractivity contribution is 5.39. The smallest absolute Gasteiger partial charge is 0.247 e. The number of anilines is 2. The minimum absolute atomic E-state index is 0.739. The molecule has 118 valence electrons. The lowest BCUT2D eigenvalue weighted by Crippen LogP contribution is -2.46. The normalized spacial score (nSPS) is 16.5. The van der Waals surface area contributed by atoms with Gasteiger partial charge in [0.05, 0.1) is 6.20 Å². The third kappa shape index (κ3) is 5.09. The molecule has 0 radical (unpaired) electrons. The fourth-order valence-electron chi connectivity index (χ4n) is 2.39. The van der Waals surface area contributed by atoms with Crippen LogP contribution in [0.2, 0.25) is 0 Å². The number of likely N-dealkylation sites (N-methyl/N-ethyl adjacent to an activating group) is 1. The fraction of sp³-hybridized carbons (Fsp3) is 0.786. The predicted molar refractivity (Wildman–Crippen MR) is 85.8 cm³/mol. The van der Waals surface area contributed by atoms with E-state index in [4.69, 9.17) is 0 Å². The van der Waals surface area contributed by atoms with E-state index in [1.54, 1.807) is 6.20 Å². The molecule has 7 nitrogen and oxygen atoms in total. The second-order valence-corrected chi connectivity index (χ2v) is 5.65. The van der Waals surface area contributed by atoms with Crippen molar-refractivity contribution in [3.8, 4) is 0 Å². The third-order valence-corrected chi connectivity index (χ3v) is 3.74. The summed E-state index contributed by atoms with van der Waals surface area (Å²) in [5.74, 6) is 1.56. The van der Waals surface area contributed by atoms with E-state index in [2.05, 4.69) is 56.2 Å². The molecule has 0 aromatic carbocycles. The summed E-state index contributed by atoms with van der Waals surface area (Å²) in [5, 5.41) is 11.6. The SMILES string of the molecule is CCN1CCN(c2nncc(NCCCN(C)C)n2)CC1. The van der Waals surface area contributed by atoms with Crippen LogP contribution in [0.5, 0.6) is 0 Å². The van der Waals surface area contributed by atoms with Gasteiger partial charge in [-0.3, -0.25) is 0 Å². The van der Waals surface area contributed by atoms with Gasteiger partial charge in [-0.1, -0.05) is 6.92 Å². The maximum absolute atomic E-state index is 4.57. The first-order chi connectivity index (χ1) is 10.2. The zero-order chi connectivity index (χ0) is 15.1. The lowest BCUT2D eigenvalue weighted by atomic mass is 10.3. The van der Waals surface area contributed by atoms with Crippen molar-refractivity contribution >= 4 is 11.8 Å². The Morgan fingerprint density at radius 3 is 2.67 bits per heavy atom. The van der Waals surface area contributed by atoms with Crippen molar-refractivity contribution < 1.29 is 0 Å². The van der Waals surface area contributed by atoms with Crippen molar-refractivity contribution in [3.05, 3.63) is 6.20 Å². The molecule has 1 aliphatic rings. The summed E-state index contributed by atoms with van der Waals surface area (Å²) in [6, 6.07) is 0. The summed E-state index contributed by atoms with van der Waals surface area (Å²) in [4.78, 5) is 11.4. The first-order valence-corrected chi connectivity index (χ1v) is 7.74. The molecule has 1 fully saturated rings. The highest BCUT2D eigenvalue weighted by Gasteiger charge is 2.18. The van der Waals surface area contributed by atoms with Crippen LogP contribution in [0.15, 0.2) is 6.20 Å². The number of nitrogens with zero attached hydrogens (tertiary/aromatic N) is 6. The second-order valence-electron chi connectivity index (χ2n) is 5.65. The van der Waals surface area contributed by atoms with Gasteiger partial charge in [0.2, 0.25) is 5.95 Å². The molecular formula is C14H27N7. The highest BCUT2D eigenvalue weighted by atomic mass is 15.4. The van der Waals surface area contributed by atoms with Gasteiger partial charge >= 0.3 is 0 Å². The minimum Gasteiger partial charge on any atom is -0.369 e. The quantitative estimate of drug-likeness (QED) is 0.729. The number of piperazine rings is 1. The molecule has 0 spiro atoms. The van der Waals surface area contributed by atoms with Crippen LogP contribution in [0.4, 0.5) is 11.8 Å². The molecule has 21 heavy (non-hydrogen) atoms. The highest BCUT2D eigenvalue weighted by Crippen LogP contribution is 2.12. The topological polar surface area (TPSA) is 60.4 Å². The van der Waals surface area contributed by atoms with Gasteiger partial charge < -0.3 is 20.0 Å². The van der Waals surface area contributed by atoms with Gasteiger partial charge in [-0.25, -0.2) is 0 Å². The van der Waals surface area contributed by atoms with Crippen LogP contribution in [0.1, 0.15) is 13.3 Å². The van der Waals surface area contributed by atoms with E-state index in [-0.39, 0.29) is 0 Å². The Morgan fingerprint density at radius 2 is 2.00 bits per heavy atom. The molecule has 1 aliphatic heterocycles. The van der Waals surface area contributed by atoms with Gasteiger partial charge in [0.15, 0.2) is 5.82 Å². The van der Waals surface area contributed by atoms with Crippen molar-refractivity contribution in [1.29, 1.82) is 0 Å². The molecule has 0 bridgehead atoms. The van der Waals surface area contributed by atoms with Gasteiger partial charge in [0, 0.05) is 32.7 Å². The number of hydrogen-bond acceptors (Lipinski definition) is 7. The van der Waals surface area contributed by atoms with Crippen LogP contribution >= 0.6 is 0 Å². The summed E-state index contributed by atoms with van der Waals surface area (Å²) in [6.07, 6.45) is 2.78. The van der Waals surface area contributed by atoms with Crippen molar-refractivity contribution in [3.63, 3.8) is 0 Å². The van der Waals surface area contributed by atoms with Gasteiger partial charge in [0.25, 0.3) is 0 Å². The number of hydrogen-bond donors (Lipinski definition) is 1. The van der Waals surface area contributed by atoms with Crippen LogP contribution in [0.25, 0.3) is 0 Å². The Hall–Kier alpha value is -1.47. The third-order valence-electron chi connectivity index (χ3n) is 3.74. The monoisotopic (exact) mass is 293 g/mol. The van der Waals surface area contributed by atoms with E-state index in [0.717, 1.165) is 64.0 Å². The maximum atomic E-state index is 4.57. The van der Waals surface area contributed by atoms with Gasteiger partial charge in [-0.05, 0) is 33.6 Å². The van der Waals surface area contributed by atoms with Crippen LogP contribution in [0.3, 0.4) is 0 Å². The largest absolute Gasteiger partial charge is 0.369 e. The van der Waals surface area contributed by atoms with E-state index in [1.807, 2.05) is 0 Å². The number of rotatable bonds is 7. The standard InChI is InChI=1S/C14H27N7/c1-4-20-8-10-21(11-9-20)14-17-13(12-16-18-14)15-6-5-7-19(2)3/h12H,4-11H2,1-3H3,(H,15,17,18). The molecule has 2 heterocycles. The fourth-order valence-corrected chi connectivity index (χ4v) is 2.39. The molecule has 1 N–H and O–H groups in total. The van der Waals surface area contributed by atoms with E-state index < -0.39 is 0 Å². The first kappa shape index (κ1) is 15.9. The Labute approximate surface area is 127 Å². The molecule has 1 aromatic heterocycles. The average Bonchev–Trinajstić information content (AvgIpc) is 2.52. The van der Waals surface area contributed by atoms with Crippen molar-refractivity contribution in [1.82, 2.24) is 25.0 Å². The molecule has 1 saturated heterocycles. The summed E-state index contributed by atoms with van der Waals surface area (Å²) in [7, 11) is 4.17. The first-order valence-electron chi connectivity index (χ1n) is 7.74. The van der Waals surface area contributed by atoms with Crippen molar-refractivity contribution in [2.45, 2.75) is 13.3 Å². The molecular weight excluding hydrogens is 266 g/mol. The molecule has 0 atom stereocenters. The lowest BCUT2D eigenvalue weighted by Gasteiger charge is -2.33. The second kappa shape index (κ2) is 8.09. The molecule has 0 amide bonds. The van der Waals surface area contributed by atoms with Crippen LogP contribution in [0, 0.1) is 0 Å². The van der Waals surface area contributed by atoms with Gasteiger partial charge in [-0.2, -0.15) is 10.1 Å². The van der Waals surface area contributed by atoms with Crippen LogP contribution in [-0.2, 0) is 0 Å². The van der Waals surface area contributed by atoms with E-state index in [9.17, 15) is 0 Å². The number of nitrogens with one attached hydrogen (secondary N) is 1. The summed E-state index contributed by atoms with van der Waals surface area (Å²) < 4.78 is 0. The molecule has 0 unspecified atom stereocenters. The van der Waals surface area contributed by atoms with Crippen LogP contribution in [-0.4, -0.2) is 84.9 Å².